The van der Waals surface area contributed by atoms with Gasteiger partial charge in [0.15, 0.2) is 5.69 Å². The third-order valence-corrected chi connectivity index (χ3v) is 5.05. The second kappa shape index (κ2) is 7.52. The van der Waals surface area contributed by atoms with E-state index in [0.29, 0.717) is 35.1 Å². The van der Waals surface area contributed by atoms with Crippen molar-refractivity contribution in [2.45, 2.75) is 12.8 Å². The normalized spacial score (nSPS) is 13.7. The molecule has 2 aromatic heterocycles. The number of likely N-dealkylation sites (tertiary alicyclic amines) is 1. The molecule has 3 heterocycles. The molecule has 0 spiro atoms. The van der Waals surface area contributed by atoms with Crippen molar-refractivity contribution < 1.29 is 14.3 Å². The molecule has 7 nitrogen and oxygen atoms in total. The summed E-state index contributed by atoms with van der Waals surface area (Å²) in [6.07, 6.45) is 3.72. The molecule has 1 N–H and O–H groups in total. The predicted octanol–water partition coefficient (Wildman–Crippen LogP) is 3.48. The fraction of sp³-hybridized carbons (Fsp3) is 0.250. The van der Waals surface area contributed by atoms with E-state index < -0.39 is 5.91 Å². The highest BCUT2D eigenvalue weighted by atomic mass is 35.5. The number of anilines is 1. The lowest BCUT2D eigenvalue weighted by Crippen LogP contribution is -2.29. The van der Waals surface area contributed by atoms with Gasteiger partial charge >= 0.3 is 0 Å². The summed E-state index contributed by atoms with van der Waals surface area (Å²) in [7, 11) is 1.52. The highest BCUT2D eigenvalue weighted by Gasteiger charge is 2.26. The minimum absolute atomic E-state index is 0.162. The van der Waals surface area contributed by atoms with E-state index in [2.05, 4.69) is 10.3 Å². The topological polar surface area (TPSA) is 75.9 Å². The van der Waals surface area contributed by atoms with Gasteiger partial charge in [-0.1, -0.05) is 17.7 Å². The first kappa shape index (κ1) is 18.3. The van der Waals surface area contributed by atoms with Crippen LogP contribution in [0.1, 0.15) is 33.9 Å². The van der Waals surface area contributed by atoms with Gasteiger partial charge in [0.25, 0.3) is 11.8 Å². The number of hydrogen-bond donors (Lipinski definition) is 1. The Kier molecular flexibility index (Phi) is 4.92. The SMILES string of the molecule is COc1ccc(NC(=O)c2nc(C(=O)N3CCCC3)n3ccccc23)cc1Cl. The number of carbonyl (C=O) groups excluding carboxylic acids is 2. The fourth-order valence-corrected chi connectivity index (χ4v) is 3.61. The van der Waals surface area contributed by atoms with E-state index in [1.165, 1.54) is 7.11 Å². The number of methoxy groups -OCH3 is 1. The molecular formula is C20H19ClN4O3. The van der Waals surface area contributed by atoms with E-state index in [1.54, 1.807) is 45.8 Å². The average molecular weight is 399 g/mol. The molecule has 0 atom stereocenters. The van der Waals surface area contributed by atoms with Gasteiger partial charge in [0.05, 0.1) is 17.6 Å². The van der Waals surface area contributed by atoms with Crippen molar-refractivity contribution in [2.75, 3.05) is 25.5 Å². The zero-order valence-corrected chi connectivity index (χ0v) is 16.1. The number of carbonyl (C=O) groups is 2. The van der Waals surface area contributed by atoms with Gasteiger partial charge < -0.3 is 15.0 Å². The third kappa shape index (κ3) is 3.29. The van der Waals surface area contributed by atoms with E-state index >= 15 is 0 Å². The Morgan fingerprint density at radius 2 is 1.96 bits per heavy atom. The highest BCUT2D eigenvalue weighted by molar-refractivity contribution is 6.32. The first-order valence-corrected chi connectivity index (χ1v) is 9.37. The van der Waals surface area contributed by atoms with Crippen LogP contribution in [0.5, 0.6) is 5.75 Å². The number of hydrogen-bond acceptors (Lipinski definition) is 4. The van der Waals surface area contributed by atoms with E-state index in [1.807, 2.05) is 6.07 Å². The number of aromatic nitrogens is 2. The molecule has 1 saturated heterocycles. The van der Waals surface area contributed by atoms with E-state index in [-0.39, 0.29) is 17.4 Å². The highest BCUT2D eigenvalue weighted by Crippen LogP contribution is 2.27. The number of imidazole rings is 1. The Hall–Kier alpha value is -3.06. The van der Waals surface area contributed by atoms with Crippen LogP contribution >= 0.6 is 11.6 Å². The molecule has 1 aliphatic rings. The lowest BCUT2D eigenvalue weighted by Gasteiger charge is -2.13. The number of nitrogens with zero attached hydrogens (tertiary/aromatic N) is 3. The Labute approximate surface area is 166 Å². The van der Waals surface area contributed by atoms with Gasteiger partial charge in [-0.2, -0.15) is 0 Å². The van der Waals surface area contributed by atoms with Crippen LogP contribution in [-0.4, -0.2) is 46.3 Å². The number of fused-ring (bicyclic) bond motifs is 1. The number of halogens is 1. The predicted molar refractivity (Wildman–Crippen MR) is 106 cm³/mol. The zero-order valence-electron chi connectivity index (χ0n) is 15.3. The third-order valence-electron chi connectivity index (χ3n) is 4.76. The molecule has 1 aliphatic heterocycles. The first-order chi connectivity index (χ1) is 13.6. The molecule has 0 saturated carbocycles. The second-order valence-corrected chi connectivity index (χ2v) is 6.95. The molecule has 144 valence electrons. The summed E-state index contributed by atoms with van der Waals surface area (Å²) in [4.78, 5) is 31.9. The number of benzene rings is 1. The summed E-state index contributed by atoms with van der Waals surface area (Å²) in [5.41, 5.74) is 1.28. The maximum absolute atomic E-state index is 12.9. The van der Waals surface area contributed by atoms with Crippen LogP contribution < -0.4 is 10.1 Å². The van der Waals surface area contributed by atoms with Gasteiger partial charge in [0, 0.05) is 25.0 Å². The van der Waals surface area contributed by atoms with Gasteiger partial charge in [0.1, 0.15) is 5.75 Å². The molecule has 0 bridgehead atoms. The quantitative estimate of drug-likeness (QED) is 0.730. The van der Waals surface area contributed by atoms with Crippen LogP contribution in [0.4, 0.5) is 5.69 Å². The summed E-state index contributed by atoms with van der Waals surface area (Å²) >= 11 is 6.13. The van der Waals surface area contributed by atoms with Gasteiger partial charge in [-0.3, -0.25) is 14.0 Å². The minimum atomic E-state index is -0.412. The molecule has 0 unspecified atom stereocenters. The van der Waals surface area contributed by atoms with Gasteiger partial charge in [-0.25, -0.2) is 4.98 Å². The van der Waals surface area contributed by atoms with Gasteiger partial charge in [-0.05, 0) is 43.2 Å². The number of nitrogens with one attached hydrogen (secondary N) is 1. The Morgan fingerprint density at radius 1 is 1.18 bits per heavy atom. The summed E-state index contributed by atoms with van der Waals surface area (Å²) in [5, 5.41) is 3.17. The molecule has 4 rings (SSSR count). The van der Waals surface area contributed by atoms with Crippen LogP contribution in [0, 0.1) is 0 Å². The molecule has 28 heavy (non-hydrogen) atoms. The fourth-order valence-electron chi connectivity index (χ4n) is 3.35. The van der Waals surface area contributed by atoms with Crippen LogP contribution in [0.3, 0.4) is 0 Å². The van der Waals surface area contributed by atoms with Crippen molar-refractivity contribution in [1.29, 1.82) is 0 Å². The standard InChI is InChI=1S/C20H19ClN4O3/c1-28-16-8-7-13(12-14(16)21)22-19(26)17-15-6-2-3-11-25(15)18(23-17)20(27)24-9-4-5-10-24/h2-3,6-8,11-12H,4-5,9-10H2,1H3,(H,22,26). The zero-order chi connectivity index (χ0) is 19.7. The molecule has 3 aromatic rings. The molecule has 8 heteroatoms. The summed E-state index contributed by atoms with van der Waals surface area (Å²) in [6.45, 7) is 1.43. The number of amides is 2. The van der Waals surface area contributed by atoms with E-state index in [9.17, 15) is 9.59 Å². The number of rotatable bonds is 4. The van der Waals surface area contributed by atoms with Crippen LogP contribution in [0.15, 0.2) is 42.6 Å². The van der Waals surface area contributed by atoms with Crippen molar-refractivity contribution in [1.82, 2.24) is 14.3 Å². The molecule has 1 fully saturated rings. The van der Waals surface area contributed by atoms with Crippen molar-refractivity contribution >= 4 is 34.6 Å². The lowest BCUT2D eigenvalue weighted by molar-refractivity contribution is 0.0780. The van der Waals surface area contributed by atoms with Crippen LogP contribution in [0.25, 0.3) is 5.52 Å². The summed E-state index contributed by atoms with van der Waals surface area (Å²) in [6, 6.07) is 10.3. The molecule has 1 aromatic carbocycles. The number of ether oxygens (including phenoxy) is 1. The van der Waals surface area contributed by atoms with Crippen molar-refractivity contribution in [3.05, 3.63) is 59.1 Å². The van der Waals surface area contributed by atoms with Crippen molar-refractivity contribution in [2.24, 2.45) is 0 Å². The molecular weight excluding hydrogens is 380 g/mol. The second-order valence-electron chi connectivity index (χ2n) is 6.54. The Bertz CT molecular complexity index is 1060. The maximum Gasteiger partial charge on any atom is 0.290 e. The van der Waals surface area contributed by atoms with Gasteiger partial charge in [0.2, 0.25) is 5.82 Å². The average Bonchev–Trinajstić information content (AvgIpc) is 3.36. The summed E-state index contributed by atoms with van der Waals surface area (Å²) < 4.78 is 6.79. The van der Waals surface area contributed by atoms with Gasteiger partial charge in [-0.15, -0.1) is 0 Å². The van der Waals surface area contributed by atoms with E-state index in [0.717, 1.165) is 12.8 Å². The Balaban J connectivity index is 1.67. The lowest BCUT2D eigenvalue weighted by atomic mass is 10.2. The van der Waals surface area contributed by atoms with Crippen LogP contribution in [0.2, 0.25) is 5.02 Å². The largest absolute Gasteiger partial charge is 0.495 e. The maximum atomic E-state index is 12.9. The molecule has 2 amide bonds. The smallest absolute Gasteiger partial charge is 0.290 e. The number of pyridine rings is 1. The van der Waals surface area contributed by atoms with Crippen LogP contribution in [-0.2, 0) is 0 Å². The summed E-state index contributed by atoms with van der Waals surface area (Å²) in [5.74, 6) is 0.191. The Morgan fingerprint density at radius 3 is 2.68 bits per heavy atom. The van der Waals surface area contributed by atoms with Crippen molar-refractivity contribution in [3.8, 4) is 5.75 Å². The monoisotopic (exact) mass is 398 g/mol. The first-order valence-electron chi connectivity index (χ1n) is 9.00. The van der Waals surface area contributed by atoms with Crippen molar-refractivity contribution in [3.63, 3.8) is 0 Å². The molecule has 0 aliphatic carbocycles. The minimum Gasteiger partial charge on any atom is -0.495 e. The molecule has 0 radical (unpaired) electrons. The van der Waals surface area contributed by atoms with E-state index in [4.69, 9.17) is 16.3 Å².